The second kappa shape index (κ2) is 3.34. The summed E-state index contributed by atoms with van der Waals surface area (Å²) >= 11 is 0. The van der Waals surface area contributed by atoms with E-state index in [0.29, 0.717) is 6.42 Å². The molecule has 1 atom stereocenters. The van der Waals surface area contributed by atoms with Gasteiger partial charge in [0.1, 0.15) is 6.04 Å². The number of hydrogen-bond acceptors (Lipinski definition) is 2. The van der Waals surface area contributed by atoms with Gasteiger partial charge in [-0.25, -0.2) is 0 Å². The van der Waals surface area contributed by atoms with Gasteiger partial charge in [-0.3, -0.25) is 4.79 Å². The Bertz CT molecular complexity index is 218. The lowest BCUT2D eigenvalue weighted by Gasteiger charge is -2.11. The average Bonchev–Trinajstić information content (AvgIpc) is 2.05. The summed E-state index contributed by atoms with van der Waals surface area (Å²) in [6.07, 6.45) is 7.29. The van der Waals surface area contributed by atoms with Gasteiger partial charge in [0, 0.05) is 0 Å². The highest BCUT2D eigenvalue weighted by Gasteiger charge is 2.16. The van der Waals surface area contributed by atoms with E-state index < -0.39 is 12.0 Å². The molecule has 0 spiro atoms. The molecule has 0 aliphatic heterocycles. The maximum Gasteiger partial charge on any atom is 0.324 e. The second-order valence-electron chi connectivity index (χ2n) is 2.51. The zero-order valence-electron chi connectivity index (χ0n) is 6.16. The van der Waals surface area contributed by atoms with Gasteiger partial charge in [-0.15, -0.1) is 0 Å². The molecule has 0 bridgehead atoms. The lowest BCUT2D eigenvalue weighted by molar-refractivity contribution is -0.137. The predicted octanol–water partition coefficient (Wildman–Crippen LogP) is 0.675. The molecule has 0 aromatic rings. The largest absolute Gasteiger partial charge is 0.480 e. The van der Waals surface area contributed by atoms with Gasteiger partial charge < -0.3 is 10.8 Å². The van der Waals surface area contributed by atoms with Crippen LogP contribution >= 0.6 is 0 Å². The minimum atomic E-state index is -0.952. The van der Waals surface area contributed by atoms with Crippen molar-refractivity contribution in [2.24, 2.45) is 5.73 Å². The number of carboxylic acids is 1. The highest BCUT2D eigenvalue weighted by atomic mass is 16.4. The van der Waals surface area contributed by atoms with E-state index in [1.807, 2.05) is 18.2 Å². The summed E-state index contributed by atoms with van der Waals surface area (Å²) in [7, 11) is 0. The third-order valence-corrected chi connectivity index (χ3v) is 1.70. The van der Waals surface area contributed by atoms with E-state index in [9.17, 15) is 4.79 Å². The van der Waals surface area contributed by atoms with Gasteiger partial charge in [0.2, 0.25) is 0 Å². The summed E-state index contributed by atoms with van der Waals surface area (Å²) in [6.45, 7) is 0. The fraction of sp³-hybridized carbons (Fsp3) is 0.375. The van der Waals surface area contributed by atoms with Gasteiger partial charge in [0.15, 0.2) is 0 Å². The van der Waals surface area contributed by atoms with Crippen LogP contribution in [0.25, 0.3) is 0 Å². The van der Waals surface area contributed by atoms with E-state index in [0.717, 1.165) is 12.0 Å². The van der Waals surface area contributed by atoms with Crippen LogP contribution in [0.5, 0.6) is 0 Å². The molecule has 0 radical (unpaired) electrons. The van der Waals surface area contributed by atoms with Crippen molar-refractivity contribution >= 4 is 5.97 Å². The van der Waals surface area contributed by atoms with Crippen LogP contribution in [0.1, 0.15) is 12.8 Å². The Labute approximate surface area is 65.2 Å². The predicted molar refractivity (Wildman–Crippen MR) is 42.1 cm³/mol. The summed E-state index contributed by atoms with van der Waals surface area (Å²) in [5.74, 6) is -0.952. The topological polar surface area (TPSA) is 63.3 Å². The van der Waals surface area contributed by atoms with Crippen molar-refractivity contribution in [1.82, 2.24) is 0 Å². The first kappa shape index (κ1) is 8.01. The number of rotatable bonds is 2. The minimum Gasteiger partial charge on any atom is -0.480 e. The van der Waals surface area contributed by atoms with Crippen molar-refractivity contribution in [3.63, 3.8) is 0 Å². The summed E-state index contributed by atoms with van der Waals surface area (Å²) in [6, 6.07) is -0.819. The van der Waals surface area contributed by atoms with Gasteiger partial charge >= 0.3 is 5.97 Å². The maximum absolute atomic E-state index is 10.4. The third kappa shape index (κ3) is 1.91. The van der Waals surface area contributed by atoms with Crippen LogP contribution in [0.4, 0.5) is 0 Å². The van der Waals surface area contributed by atoms with Crippen molar-refractivity contribution in [2.45, 2.75) is 18.9 Å². The number of hydrogen-bond donors (Lipinski definition) is 2. The number of aliphatic carboxylic acids is 1. The summed E-state index contributed by atoms with van der Waals surface area (Å²) in [4.78, 5) is 10.4. The molecule has 0 aromatic carbocycles. The monoisotopic (exact) mass is 153 g/mol. The summed E-state index contributed by atoms with van der Waals surface area (Å²) < 4.78 is 0. The minimum absolute atomic E-state index is 0.674. The first-order valence-corrected chi connectivity index (χ1v) is 3.54. The van der Waals surface area contributed by atoms with Crippen molar-refractivity contribution in [3.05, 3.63) is 23.8 Å². The van der Waals surface area contributed by atoms with Crippen LogP contribution in [-0.4, -0.2) is 17.1 Å². The van der Waals surface area contributed by atoms with E-state index in [-0.39, 0.29) is 0 Å². The molecule has 1 aliphatic carbocycles. The normalized spacial score (nSPS) is 19.2. The van der Waals surface area contributed by atoms with E-state index in [1.165, 1.54) is 0 Å². The third-order valence-electron chi connectivity index (χ3n) is 1.70. The quantitative estimate of drug-likeness (QED) is 0.573. The fourth-order valence-corrected chi connectivity index (χ4v) is 1.03. The molecule has 1 rings (SSSR count). The molecule has 0 fully saturated rings. The Morgan fingerprint density at radius 1 is 1.64 bits per heavy atom. The van der Waals surface area contributed by atoms with Crippen LogP contribution in [0.3, 0.4) is 0 Å². The first-order valence-electron chi connectivity index (χ1n) is 3.54. The molecule has 3 N–H and O–H groups in total. The number of nitrogens with two attached hydrogens (primary N) is 1. The van der Waals surface area contributed by atoms with E-state index in [1.54, 1.807) is 0 Å². The van der Waals surface area contributed by atoms with E-state index in [4.69, 9.17) is 10.8 Å². The van der Waals surface area contributed by atoms with Crippen LogP contribution in [0, 0.1) is 0 Å². The van der Waals surface area contributed by atoms with Gasteiger partial charge in [-0.05, 0) is 18.4 Å². The summed E-state index contributed by atoms with van der Waals surface area (Å²) in [5.41, 5.74) is 6.20. The Morgan fingerprint density at radius 2 is 2.36 bits per heavy atom. The SMILES string of the molecule is NC(C(=O)O)C1=CCC=CC1. The fourth-order valence-electron chi connectivity index (χ4n) is 1.03. The molecule has 3 nitrogen and oxygen atoms in total. The maximum atomic E-state index is 10.4. The van der Waals surface area contributed by atoms with Crippen LogP contribution in [0.2, 0.25) is 0 Å². The Hall–Kier alpha value is -1.09. The molecule has 0 saturated carbocycles. The molecule has 1 aliphatic rings. The van der Waals surface area contributed by atoms with Crippen molar-refractivity contribution in [1.29, 1.82) is 0 Å². The van der Waals surface area contributed by atoms with Crippen molar-refractivity contribution in [2.75, 3.05) is 0 Å². The van der Waals surface area contributed by atoms with E-state index in [2.05, 4.69) is 0 Å². The standard InChI is InChI=1S/C8H11NO2/c9-7(8(10)11)6-4-2-1-3-5-6/h1-2,5,7H,3-4,9H2,(H,10,11). The lowest BCUT2D eigenvalue weighted by Crippen LogP contribution is -2.32. The molecule has 0 aromatic heterocycles. The van der Waals surface area contributed by atoms with Crippen LogP contribution < -0.4 is 5.73 Å². The molecule has 0 amide bonds. The number of allylic oxidation sites excluding steroid dienone is 3. The number of carboxylic acid groups (broad SMARTS) is 1. The van der Waals surface area contributed by atoms with Gasteiger partial charge in [-0.1, -0.05) is 18.2 Å². The second-order valence-corrected chi connectivity index (χ2v) is 2.51. The molecule has 3 heteroatoms. The zero-order valence-corrected chi connectivity index (χ0v) is 6.16. The van der Waals surface area contributed by atoms with Crippen molar-refractivity contribution in [3.8, 4) is 0 Å². The molecule has 1 unspecified atom stereocenters. The van der Waals surface area contributed by atoms with E-state index >= 15 is 0 Å². The van der Waals surface area contributed by atoms with Gasteiger partial charge in [0.05, 0.1) is 0 Å². The highest BCUT2D eigenvalue weighted by Crippen LogP contribution is 2.13. The Balaban J connectivity index is 2.60. The molecular weight excluding hydrogens is 142 g/mol. The first-order chi connectivity index (χ1) is 5.22. The smallest absolute Gasteiger partial charge is 0.324 e. The molecule has 0 heterocycles. The average molecular weight is 153 g/mol. The molecule has 60 valence electrons. The van der Waals surface area contributed by atoms with Crippen molar-refractivity contribution < 1.29 is 9.90 Å². The molecule has 0 saturated heterocycles. The number of carbonyl (C=O) groups is 1. The molecule has 11 heavy (non-hydrogen) atoms. The highest BCUT2D eigenvalue weighted by molar-refractivity contribution is 5.77. The zero-order chi connectivity index (χ0) is 8.27. The summed E-state index contributed by atoms with van der Waals surface area (Å²) in [5, 5.41) is 8.54. The lowest BCUT2D eigenvalue weighted by atomic mass is 9.99. The van der Waals surface area contributed by atoms with Crippen LogP contribution in [-0.2, 0) is 4.79 Å². The van der Waals surface area contributed by atoms with Gasteiger partial charge in [0.25, 0.3) is 0 Å². The van der Waals surface area contributed by atoms with Gasteiger partial charge in [-0.2, -0.15) is 0 Å². The van der Waals surface area contributed by atoms with Crippen LogP contribution in [0.15, 0.2) is 23.8 Å². The molecular formula is C8H11NO2. The Morgan fingerprint density at radius 3 is 2.82 bits per heavy atom. The Kier molecular flexibility index (Phi) is 2.44.